The van der Waals surface area contributed by atoms with E-state index in [9.17, 15) is 0 Å². The Bertz CT molecular complexity index is 1200. The highest BCUT2D eigenvalue weighted by molar-refractivity contribution is 6.58. The summed E-state index contributed by atoms with van der Waals surface area (Å²) in [6.07, 6.45) is 4.63. The Morgan fingerprint density at radius 1 is 1.15 bits per heavy atom. The number of anilines is 1. The largest absolute Gasteiger partial charge is 0.516 e. The second-order valence-corrected chi connectivity index (χ2v) is 9.45. The summed E-state index contributed by atoms with van der Waals surface area (Å²) in [5.74, 6) is 1.86. The minimum Gasteiger partial charge on any atom is -0.516 e. The number of pyridine rings is 1. The molecule has 1 aromatic carbocycles. The van der Waals surface area contributed by atoms with Gasteiger partial charge in [0.2, 0.25) is 0 Å². The first kappa shape index (κ1) is 23.2. The van der Waals surface area contributed by atoms with Gasteiger partial charge < -0.3 is 19.5 Å². The van der Waals surface area contributed by atoms with E-state index in [-0.39, 0.29) is 11.3 Å². The van der Waals surface area contributed by atoms with Gasteiger partial charge in [0, 0.05) is 30.6 Å². The number of hydrogen-bond donors (Lipinski definition) is 1. The first-order valence-corrected chi connectivity index (χ1v) is 11.7. The molecule has 170 valence electrons. The number of benzene rings is 1. The fraction of sp³-hybridized carbons (Fsp3) is 0.522. The van der Waals surface area contributed by atoms with Crippen molar-refractivity contribution in [3.05, 3.63) is 29.3 Å². The van der Waals surface area contributed by atoms with E-state index in [0.717, 1.165) is 44.0 Å². The smallest absolute Gasteiger partial charge is 0.261 e. The van der Waals surface area contributed by atoms with Gasteiger partial charge in [-0.3, -0.25) is 0 Å². The molecule has 2 fully saturated rings. The molecule has 34 heavy (non-hydrogen) atoms. The van der Waals surface area contributed by atoms with Crippen LogP contribution < -0.4 is 15.0 Å². The maximum absolute atomic E-state index is 15.2. The van der Waals surface area contributed by atoms with Crippen molar-refractivity contribution in [1.29, 1.82) is 0 Å². The zero-order valence-electron chi connectivity index (χ0n) is 19.5. The van der Waals surface area contributed by atoms with Gasteiger partial charge in [-0.05, 0) is 68.9 Å². The number of nitrogens with zero attached hydrogens (tertiary/aromatic N) is 4. The monoisotopic (exact) mass is 455 g/mol. The number of fused-ring (bicyclic) bond motifs is 1. The molecule has 0 bridgehead atoms. The fourth-order valence-electron chi connectivity index (χ4n) is 4.54. The fourth-order valence-corrected chi connectivity index (χ4v) is 4.54. The van der Waals surface area contributed by atoms with Crippen molar-refractivity contribution in [2.45, 2.75) is 50.9 Å². The quantitative estimate of drug-likeness (QED) is 0.550. The van der Waals surface area contributed by atoms with E-state index in [0.29, 0.717) is 34.5 Å². The van der Waals surface area contributed by atoms with Gasteiger partial charge in [-0.25, -0.2) is 9.37 Å². The number of hydrogen-bond acceptors (Lipinski definition) is 7. The summed E-state index contributed by atoms with van der Waals surface area (Å²) in [5, 5.41) is 6.22. The lowest BCUT2D eigenvalue weighted by Gasteiger charge is -2.34. The molecule has 7 nitrogen and oxygen atoms in total. The van der Waals surface area contributed by atoms with E-state index in [1.165, 1.54) is 18.9 Å². The lowest BCUT2D eigenvalue weighted by molar-refractivity contribution is 0.317. The number of halogens is 1. The van der Waals surface area contributed by atoms with Crippen molar-refractivity contribution in [2.24, 2.45) is 5.92 Å². The summed E-state index contributed by atoms with van der Waals surface area (Å²) in [4.78, 5) is 11.4. The van der Waals surface area contributed by atoms with E-state index in [4.69, 9.17) is 37.8 Å². The Morgan fingerprint density at radius 2 is 1.88 bits per heavy atom. The lowest BCUT2D eigenvalue weighted by atomic mass is 9.52. The number of aryl methyl sites for hydroxylation is 2. The zero-order chi connectivity index (χ0) is 24.0. The van der Waals surface area contributed by atoms with Gasteiger partial charge in [0.1, 0.15) is 40.6 Å². The molecular weight excluding hydrogens is 430 g/mol. The zero-order valence-corrected chi connectivity index (χ0v) is 19.5. The van der Waals surface area contributed by atoms with Gasteiger partial charge in [-0.1, -0.05) is 5.16 Å². The minimum atomic E-state index is -1.94. The highest BCUT2D eigenvalue weighted by Gasteiger charge is 2.29. The van der Waals surface area contributed by atoms with Crippen LogP contribution in [0.15, 0.2) is 16.7 Å². The standard InChI is InChI=1S/C23H25B3FN5O2/c1-12-17-9-16(33-23(24,25)26)10-18(27)20(17)30-21(19(12)22-29-13(2)31-34-22)32-7-5-15(6-8-32)28-11-14-3-4-14/h9-10,14-15,28H,3-8,11H2,1-2H3. The van der Waals surface area contributed by atoms with E-state index in [1.54, 1.807) is 13.0 Å². The van der Waals surface area contributed by atoms with Crippen molar-refractivity contribution >= 4 is 40.3 Å². The van der Waals surface area contributed by atoms with Crippen LogP contribution >= 0.6 is 0 Å². The van der Waals surface area contributed by atoms with Crippen molar-refractivity contribution in [3.63, 3.8) is 0 Å². The van der Waals surface area contributed by atoms with E-state index in [1.807, 2.05) is 6.92 Å². The molecule has 2 aliphatic rings. The molecule has 1 N–H and O–H groups in total. The highest BCUT2D eigenvalue weighted by atomic mass is 19.1. The van der Waals surface area contributed by atoms with Gasteiger partial charge >= 0.3 is 0 Å². The summed E-state index contributed by atoms with van der Waals surface area (Å²) in [6.45, 7) is 6.30. The first-order chi connectivity index (χ1) is 16.2. The topological polar surface area (TPSA) is 76.3 Å². The number of ether oxygens (including phenoxy) is 1. The van der Waals surface area contributed by atoms with Crippen LogP contribution in [0.5, 0.6) is 5.75 Å². The third-order valence-corrected chi connectivity index (χ3v) is 6.48. The summed E-state index contributed by atoms with van der Waals surface area (Å²) < 4.78 is 26.0. The van der Waals surface area contributed by atoms with Crippen LogP contribution in [0.4, 0.5) is 10.2 Å². The summed E-state index contributed by atoms with van der Waals surface area (Å²) in [7, 11) is 16.6. The van der Waals surface area contributed by atoms with Crippen LogP contribution in [0.3, 0.4) is 0 Å². The van der Waals surface area contributed by atoms with E-state index in [2.05, 4.69) is 20.4 Å². The van der Waals surface area contributed by atoms with Gasteiger partial charge in [-0.2, -0.15) is 4.98 Å². The average Bonchev–Trinajstić information content (AvgIpc) is 3.51. The Balaban J connectivity index is 1.53. The van der Waals surface area contributed by atoms with Crippen LogP contribution in [0.25, 0.3) is 22.4 Å². The molecular formula is C23H25B3FN5O2. The molecule has 0 spiro atoms. The molecule has 1 saturated carbocycles. The average molecular weight is 455 g/mol. The first-order valence-electron chi connectivity index (χ1n) is 11.7. The van der Waals surface area contributed by atoms with E-state index < -0.39 is 11.1 Å². The molecule has 11 heteroatoms. The Morgan fingerprint density at radius 3 is 2.50 bits per heavy atom. The van der Waals surface area contributed by atoms with Crippen molar-refractivity contribution in [1.82, 2.24) is 20.4 Å². The normalized spacial score (nSPS) is 17.4. The van der Waals surface area contributed by atoms with Crippen molar-refractivity contribution in [2.75, 3.05) is 24.5 Å². The molecule has 6 radical (unpaired) electrons. The van der Waals surface area contributed by atoms with Gasteiger partial charge in [-0.15, -0.1) is 0 Å². The van der Waals surface area contributed by atoms with E-state index >= 15 is 4.39 Å². The Kier molecular flexibility index (Phi) is 6.08. The molecule has 0 atom stereocenters. The lowest BCUT2D eigenvalue weighted by Crippen LogP contribution is -2.43. The maximum Gasteiger partial charge on any atom is 0.261 e. The summed E-state index contributed by atoms with van der Waals surface area (Å²) in [6, 6.07) is 3.28. The highest BCUT2D eigenvalue weighted by Crippen LogP contribution is 2.39. The number of piperidine rings is 1. The number of rotatable bonds is 7. The maximum atomic E-state index is 15.2. The molecule has 3 aromatic rings. The predicted octanol–water partition coefficient (Wildman–Crippen LogP) is 2.50. The van der Waals surface area contributed by atoms with Crippen LogP contribution in [0.1, 0.15) is 37.1 Å². The summed E-state index contributed by atoms with van der Waals surface area (Å²) >= 11 is 0. The third kappa shape index (κ3) is 4.94. The molecule has 1 aliphatic heterocycles. The summed E-state index contributed by atoms with van der Waals surface area (Å²) in [5.41, 5.74) is 1.62. The van der Waals surface area contributed by atoms with Crippen LogP contribution in [0.2, 0.25) is 0 Å². The van der Waals surface area contributed by atoms with Gasteiger partial charge in [0.05, 0.1) is 5.56 Å². The SMILES string of the molecule is [B]C([B])([B])Oc1cc(F)c2nc(N3CCC(NCC4CC4)CC3)c(-c3nc(C)no3)c(C)c2c1. The van der Waals surface area contributed by atoms with Crippen molar-refractivity contribution < 1.29 is 13.7 Å². The molecule has 3 heterocycles. The molecule has 0 amide bonds. The van der Waals surface area contributed by atoms with Gasteiger partial charge in [0.25, 0.3) is 5.89 Å². The van der Waals surface area contributed by atoms with Crippen molar-refractivity contribution in [3.8, 4) is 17.2 Å². The molecule has 2 aromatic heterocycles. The van der Waals surface area contributed by atoms with Crippen LogP contribution in [-0.2, 0) is 0 Å². The molecule has 1 saturated heterocycles. The number of aromatic nitrogens is 3. The Labute approximate surface area is 202 Å². The Hall–Kier alpha value is -2.55. The third-order valence-electron chi connectivity index (χ3n) is 6.48. The number of nitrogens with one attached hydrogen (secondary N) is 1. The second-order valence-electron chi connectivity index (χ2n) is 9.45. The molecule has 1 aliphatic carbocycles. The van der Waals surface area contributed by atoms with Gasteiger partial charge in [0.15, 0.2) is 11.6 Å². The molecule has 0 unspecified atom stereocenters. The van der Waals surface area contributed by atoms with Crippen LogP contribution in [-0.4, -0.2) is 69.6 Å². The molecule has 5 rings (SSSR count). The minimum absolute atomic E-state index is 0.102. The second kappa shape index (κ2) is 8.91. The van der Waals surface area contributed by atoms with Crippen LogP contribution in [0, 0.1) is 25.6 Å². The predicted molar refractivity (Wildman–Crippen MR) is 131 cm³/mol.